The number of alkyl halides is 3. The van der Waals surface area contributed by atoms with Gasteiger partial charge in [0.15, 0.2) is 0 Å². The van der Waals surface area contributed by atoms with Crippen molar-refractivity contribution in [3.8, 4) is 16.9 Å². The molecule has 2 aromatic rings. The van der Waals surface area contributed by atoms with Crippen molar-refractivity contribution >= 4 is 5.97 Å². The van der Waals surface area contributed by atoms with Gasteiger partial charge in [0.25, 0.3) is 0 Å². The van der Waals surface area contributed by atoms with Gasteiger partial charge in [0.2, 0.25) is 0 Å². The third-order valence-corrected chi connectivity index (χ3v) is 2.33. The minimum atomic E-state index is -4.76. The van der Waals surface area contributed by atoms with Gasteiger partial charge >= 0.3 is 12.3 Å². The quantitative estimate of drug-likeness (QED) is 0.938. The van der Waals surface area contributed by atoms with Crippen molar-refractivity contribution in [3.63, 3.8) is 0 Å². The fraction of sp³-hybridized carbons (Fsp3) is 0.167. The van der Waals surface area contributed by atoms with Gasteiger partial charge in [0.1, 0.15) is 12.3 Å². The predicted molar refractivity (Wildman–Crippen MR) is 62.0 cm³/mol. The van der Waals surface area contributed by atoms with Gasteiger partial charge in [-0.2, -0.15) is 5.10 Å². The van der Waals surface area contributed by atoms with Crippen LogP contribution in [0.2, 0.25) is 0 Å². The highest BCUT2D eigenvalue weighted by Gasteiger charge is 2.31. The maximum Gasteiger partial charge on any atom is 0.573 e. The molecule has 0 aliphatic rings. The second-order valence-corrected chi connectivity index (χ2v) is 3.90. The summed E-state index contributed by atoms with van der Waals surface area (Å²) in [6, 6.07) is 5.37. The Morgan fingerprint density at radius 1 is 1.35 bits per heavy atom. The second-order valence-electron chi connectivity index (χ2n) is 3.90. The van der Waals surface area contributed by atoms with Gasteiger partial charge < -0.3 is 9.84 Å². The fourth-order valence-electron chi connectivity index (χ4n) is 1.61. The molecule has 2 rings (SSSR count). The van der Waals surface area contributed by atoms with Crippen LogP contribution in [-0.4, -0.2) is 27.2 Å². The molecule has 1 heterocycles. The van der Waals surface area contributed by atoms with E-state index < -0.39 is 12.3 Å². The SMILES string of the molecule is O=C(O)Cn1cc(-c2cccc(OC(F)(F)F)c2)cn1. The van der Waals surface area contributed by atoms with Crippen LogP contribution in [0.1, 0.15) is 0 Å². The molecule has 0 unspecified atom stereocenters. The first-order valence-electron chi connectivity index (χ1n) is 5.44. The zero-order valence-electron chi connectivity index (χ0n) is 9.96. The number of nitrogens with zero attached hydrogens (tertiary/aromatic N) is 2. The van der Waals surface area contributed by atoms with Crippen LogP contribution in [0, 0.1) is 0 Å². The number of aromatic nitrogens is 2. The average Bonchev–Trinajstić information content (AvgIpc) is 2.74. The van der Waals surface area contributed by atoms with Crippen LogP contribution >= 0.6 is 0 Å². The number of benzene rings is 1. The van der Waals surface area contributed by atoms with Gasteiger partial charge in [-0.3, -0.25) is 9.48 Å². The maximum atomic E-state index is 12.1. The molecule has 0 saturated carbocycles. The lowest BCUT2D eigenvalue weighted by Gasteiger charge is -2.09. The lowest BCUT2D eigenvalue weighted by Crippen LogP contribution is -2.17. The number of rotatable bonds is 4. The molecule has 0 radical (unpaired) electrons. The molecule has 8 heteroatoms. The number of aliphatic carboxylic acids is 1. The molecule has 20 heavy (non-hydrogen) atoms. The molecule has 0 aliphatic heterocycles. The molecule has 0 fully saturated rings. The minimum Gasteiger partial charge on any atom is -0.480 e. The topological polar surface area (TPSA) is 64.3 Å². The molecule has 1 aromatic carbocycles. The van der Waals surface area contributed by atoms with Gasteiger partial charge in [-0.1, -0.05) is 12.1 Å². The second kappa shape index (κ2) is 5.24. The Balaban J connectivity index is 2.22. The summed E-state index contributed by atoms with van der Waals surface area (Å²) in [4.78, 5) is 10.5. The number of carboxylic acid groups (broad SMARTS) is 1. The Hall–Kier alpha value is -2.51. The van der Waals surface area contributed by atoms with Crippen LogP contribution in [0.5, 0.6) is 5.75 Å². The van der Waals surface area contributed by atoms with Crippen LogP contribution in [0.25, 0.3) is 11.1 Å². The minimum absolute atomic E-state index is 0.321. The van der Waals surface area contributed by atoms with Crippen molar-refractivity contribution in [2.45, 2.75) is 12.9 Å². The Morgan fingerprint density at radius 2 is 2.10 bits per heavy atom. The molecule has 0 aliphatic carbocycles. The molecule has 1 N–H and O–H groups in total. The highest BCUT2D eigenvalue weighted by atomic mass is 19.4. The normalized spacial score (nSPS) is 11.3. The Kier molecular flexibility index (Phi) is 3.64. The van der Waals surface area contributed by atoms with Gasteiger partial charge in [-0.05, 0) is 17.7 Å². The van der Waals surface area contributed by atoms with Gasteiger partial charge in [-0.25, -0.2) is 0 Å². The first kappa shape index (κ1) is 13.9. The van der Waals surface area contributed by atoms with Crippen molar-refractivity contribution in [2.75, 3.05) is 0 Å². The lowest BCUT2D eigenvalue weighted by atomic mass is 10.1. The average molecular weight is 286 g/mol. The van der Waals surface area contributed by atoms with Crippen molar-refractivity contribution in [2.24, 2.45) is 0 Å². The van der Waals surface area contributed by atoms with Crippen LogP contribution in [0.3, 0.4) is 0 Å². The standard InChI is InChI=1S/C12H9F3N2O3/c13-12(14,15)20-10-3-1-2-8(4-10)9-5-16-17(6-9)7-11(18)19/h1-6H,7H2,(H,18,19). The number of carbonyl (C=O) groups is 1. The molecule has 0 amide bonds. The molecule has 0 spiro atoms. The number of carboxylic acids is 1. The predicted octanol–water partition coefficient (Wildman–Crippen LogP) is 2.53. The Labute approximate surface area is 111 Å². The summed E-state index contributed by atoms with van der Waals surface area (Å²) in [6.07, 6.45) is -1.96. The van der Waals surface area contributed by atoms with Gasteiger partial charge in [-0.15, -0.1) is 13.2 Å². The van der Waals surface area contributed by atoms with Crippen molar-refractivity contribution in [1.29, 1.82) is 0 Å². The summed E-state index contributed by atoms with van der Waals surface area (Å²) >= 11 is 0. The summed E-state index contributed by atoms with van der Waals surface area (Å²) in [5, 5.41) is 12.4. The van der Waals surface area contributed by atoms with Crippen LogP contribution in [0.15, 0.2) is 36.7 Å². The smallest absolute Gasteiger partial charge is 0.480 e. The largest absolute Gasteiger partial charge is 0.573 e. The van der Waals surface area contributed by atoms with E-state index in [4.69, 9.17) is 5.11 Å². The van der Waals surface area contributed by atoms with Crippen LogP contribution in [0.4, 0.5) is 13.2 Å². The first-order chi connectivity index (χ1) is 9.33. The highest BCUT2D eigenvalue weighted by molar-refractivity contribution is 5.67. The maximum absolute atomic E-state index is 12.1. The van der Waals surface area contributed by atoms with Crippen LogP contribution < -0.4 is 4.74 Å². The molecule has 0 atom stereocenters. The van der Waals surface area contributed by atoms with E-state index in [0.29, 0.717) is 11.1 Å². The van der Waals surface area contributed by atoms with E-state index in [0.717, 1.165) is 0 Å². The molecule has 1 aromatic heterocycles. The van der Waals surface area contributed by atoms with E-state index >= 15 is 0 Å². The number of halogens is 3. The number of hydrogen-bond donors (Lipinski definition) is 1. The summed E-state index contributed by atoms with van der Waals surface area (Å²) in [7, 11) is 0. The Morgan fingerprint density at radius 3 is 2.75 bits per heavy atom. The van der Waals surface area contributed by atoms with Crippen molar-refractivity contribution in [1.82, 2.24) is 9.78 Å². The van der Waals surface area contributed by atoms with Crippen molar-refractivity contribution < 1.29 is 27.8 Å². The van der Waals surface area contributed by atoms with Crippen molar-refractivity contribution in [3.05, 3.63) is 36.7 Å². The van der Waals surface area contributed by atoms with Crippen LogP contribution in [-0.2, 0) is 11.3 Å². The molecule has 106 valence electrons. The van der Waals surface area contributed by atoms with E-state index in [1.54, 1.807) is 6.07 Å². The van der Waals surface area contributed by atoms with E-state index in [1.807, 2.05) is 0 Å². The molecular weight excluding hydrogens is 277 g/mol. The summed E-state index contributed by atoms with van der Waals surface area (Å²) in [5.74, 6) is -1.41. The summed E-state index contributed by atoms with van der Waals surface area (Å²) in [5.41, 5.74) is 0.947. The van der Waals surface area contributed by atoms with E-state index in [1.165, 1.54) is 35.3 Å². The number of hydrogen-bond acceptors (Lipinski definition) is 3. The van der Waals surface area contributed by atoms with E-state index in [-0.39, 0.29) is 12.3 Å². The number of ether oxygens (including phenoxy) is 1. The summed E-state index contributed by atoms with van der Waals surface area (Å²) < 4.78 is 41.3. The third-order valence-electron chi connectivity index (χ3n) is 2.33. The zero-order valence-corrected chi connectivity index (χ0v) is 9.96. The summed E-state index contributed by atoms with van der Waals surface area (Å²) in [6.45, 7) is -0.321. The lowest BCUT2D eigenvalue weighted by molar-refractivity contribution is -0.274. The Bertz CT molecular complexity index is 622. The highest BCUT2D eigenvalue weighted by Crippen LogP contribution is 2.27. The molecule has 0 bridgehead atoms. The molecular formula is C12H9F3N2O3. The molecule has 5 nitrogen and oxygen atoms in total. The van der Waals surface area contributed by atoms with Gasteiger partial charge in [0, 0.05) is 11.8 Å². The fourth-order valence-corrected chi connectivity index (χ4v) is 1.61. The monoisotopic (exact) mass is 286 g/mol. The zero-order chi connectivity index (χ0) is 14.8. The van der Waals surface area contributed by atoms with Gasteiger partial charge in [0.05, 0.1) is 6.20 Å². The van der Waals surface area contributed by atoms with E-state index in [9.17, 15) is 18.0 Å². The first-order valence-corrected chi connectivity index (χ1v) is 5.44. The van der Waals surface area contributed by atoms with E-state index in [2.05, 4.69) is 9.84 Å². The molecule has 0 saturated heterocycles. The third kappa shape index (κ3) is 3.74.